The zero-order chi connectivity index (χ0) is 12.1. The Morgan fingerprint density at radius 1 is 1.22 bits per heavy atom. The molecule has 1 N–H and O–H groups in total. The second kappa shape index (κ2) is 4.19. The summed E-state index contributed by atoms with van der Waals surface area (Å²) >= 11 is 8.43. The van der Waals surface area contributed by atoms with E-state index in [0.717, 1.165) is 37.5 Å². The van der Waals surface area contributed by atoms with E-state index in [1.54, 1.807) is 0 Å². The molecular weight excluding hydrogens is 264 g/mol. The topological polar surface area (TPSA) is 17.0 Å². The number of fused-ring (bicyclic) bond motifs is 3. The van der Waals surface area contributed by atoms with E-state index in [4.69, 9.17) is 11.6 Å². The molecule has 0 bridgehead atoms. The number of rotatable bonds is 0. The predicted octanol–water partition coefficient (Wildman–Crippen LogP) is 3.09. The van der Waals surface area contributed by atoms with Gasteiger partial charge in [-0.1, -0.05) is 11.6 Å². The summed E-state index contributed by atoms with van der Waals surface area (Å²) in [6, 6.07) is 4.25. The zero-order valence-corrected chi connectivity index (χ0v) is 11.7. The summed E-state index contributed by atoms with van der Waals surface area (Å²) in [5.41, 5.74) is 4.40. The van der Waals surface area contributed by atoms with E-state index >= 15 is 0 Å². The third-order valence-corrected chi connectivity index (χ3v) is 5.34. The van der Waals surface area contributed by atoms with Crippen LogP contribution in [-0.4, -0.2) is 23.4 Å². The molecule has 0 spiro atoms. The Kier molecular flexibility index (Phi) is 2.61. The summed E-state index contributed by atoms with van der Waals surface area (Å²) in [5.74, 6) is 1.18. The summed E-state index contributed by atoms with van der Waals surface area (Å²) < 4.78 is 2.52. The molecule has 0 unspecified atom stereocenters. The second-order valence-electron chi connectivity index (χ2n) is 4.94. The van der Waals surface area contributed by atoms with Crippen molar-refractivity contribution in [1.29, 1.82) is 0 Å². The third-order valence-electron chi connectivity index (χ3n) is 4.00. The van der Waals surface area contributed by atoms with Gasteiger partial charge in [-0.05, 0) is 30.7 Å². The summed E-state index contributed by atoms with van der Waals surface area (Å²) in [4.78, 5) is 1.40. The predicted molar refractivity (Wildman–Crippen MR) is 77.9 cm³/mol. The van der Waals surface area contributed by atoms with Crippen molar-refractivity contribution in [3.8, 4) is 0 Å². The number of nitrogens with one attached hydrogen (secondary N) is 1. The maximum Gasteiger partial charge on any atom is 0.0638 e. The van der Waals surface area contributed by atoms with Crippen molar-refractivity contribution in [1.82, 2.24) is 9.88 Å². The summed E-state index contributed by atoms with van der Waals surface area (Å²) in [5, 5.41) is 5.73. The van der Waals surface area contributed by atoms with E-state index in [9.17, 15) is 0 Å². The molecule has 2 nitrogen and oxygen atoms in total. The summed E-state index contributed by atoms with van der Waals surface area (Å²) in [6.07, 6.45) is 2.23. The zero-order valence-electron chi connectivity index (χ0n) is 10.1. The minimum absolute atomic E-state index is 0.924. The average Bonchev–Trinajstić information content (AvgIpc) is 2.57. The molecule has 0 atom stereocenters. The Balaban J connectivity index is 2.13. The van der Waals surface area contributed by atoms with Crippen LogP contribution >= 0.6 is 23.4 Å². The van der Waals surface area contributed by atoms with Gasteiger partial charge >= 0.3 is 0 Å². The molecule has 4 heteroatoms. The highest BCUT2D eigenvalue weighted by Crippen LogP contribution is 2.41. The van der Waals surface area contributed by atoms with Crippen LogP contribution in [0.4, 0.5) is 0 Å². The maximum absolute atomic E-state index is 6.47. The molecule has 18 heavy (non-hydrogen) atoms. The van der Waals surface area contributed by atoms with Crippen LogP contribution in [0.3, 0.4) is 0 Å². The molecule has 94 valence electrons. The van der Waals surface area contributed by atoms with E-state index in [-0.39, 0.29) is 0 Å². The third kappa shape index (κ3) is 1.47. The number of hydrogen-bond donors (Lipinski definition) is 1. The van der Waals surface area contributed by atoms with E-state index < -0.39 is 0 Å². The molecule has 0 radical (unpaired) electrons. The lowest BCUT2D eigenvalue weighted by Crippen LogP contribution is -2.18. The normalized spacial score (nSPS) is 18.7. The molecule has 0 saturated heterocycles. The molecule has 2 aliphatic heterocycles. The fraction of sp³-hybridized carbons (Fsp3) is 0.429. The van der Waals surface area contributed by atoms with Crippen LogP contribution in [0.5, 0.6) is 0 Å². The summed E-state index contributed by atoms with van der Waals surface area (Å²) in [7, 11) is 0. The Labute approximate surface area is 116 Å². The van der Waals surface area contributed by atoms with Crippen LogP contribution in [0.2, 0.25) is 5.02 Å². The van der Waals surface area contributed by atoms with E-state index in [2.05, 4.69) is 22.0 Å². The highest BCUT2D eigenvalue weighted by atomic mass is 35.5. The maximum atomic E-state index is 6.47. The molecule has 1 aromatic heterocycles. The highest BCUT2D eigenvalue weighted by molar-refractivity contribution is 7.99. The average molecular weight is 279 g/mol. The number of benzene rings is 1. The van der Waals surface area contributed by atoms with Crippen molar-refractivity contribution in [2.24, 2.45) is 0 Å². The van der Waals surface area contributed by atoms with Gasteiger partial charge in [0.2, 0.25) is 0 Å². The first-order valence-corrected chi connectivity index (χ1v) is 7.88. The Hall–Kier alpha value is -0.640. The molecule has 3 heterocycles. The first-order valence-electron chi connectivity index (χ1n) is 6.52. The van der Waals surface area contributed by atoms with Gasteiger partial charge in [0.1, 0.15) is 0 Å². The Bertz CT molecular complexity index is 632. The fourth-order valence-electron chi connectivity index (χ4n) is 3.26. The van der Waals surface area contributed by atoms with Gasteiger partial charge in [0.05, 0.1) is 10.5 Å². The van der Waals surface area contributed by atoms with E-state index in [1.807, 2.05) is 11.8 Å². The first kappa shape index (κ1) is 11.2. The van der Waals surface area contributed by atoms with Gasteiger partial charge in [-0.3, -0.25) is 0 Å². The van der Waals surface area contributed by atoms with Crippen LogP contribution in [0.25, 0.3) is 10.9 Å². The van der Waals surface area contributed by atoms with Gasteiger partial charge in [-0.15, -0.1) is 11.8 Å². The van der Waals surface area contributed by atoms with Crippen molar-refractivity contribution < 1.29 is 0 Å². The number of hydrogen-bond acceptors (Lipinski definition) is 2. The SMILES string of the molecule is Clc1ccc2c3c1c1c(n3CCS2)CCNCC1. The number of aromatic nitrogens is 1. The number of thioether (sulfide) groups is 1. The number of nitrogens with zero attached hydrogens (tertiary/aromatic N) is 1. The van der Waals surface area contributed by atoms with Crippen molar-refractivity contribution >= 4 is 34.3 Å². The van der Waals surface area contributed by atoms with Crippen LogP contribution in [0.1, 0.15) is 11.3 Å². The van der Waals surface area contributed by atoms with Gasteiger partial charge in [0.15, 0.2) is 0 Å². The molecule has 4 rings (SSSR count). The number of aryl methyl sites for hydroxylation is 1. The van der Waals surface area contributed by atoms with Crippen LogP contribution < -0.4 is 5.32 Å². The quantitative estimate of drug-likeness (QED) is 0.798. The molecular formula is C14H15ClN2S. The van der Waals surface area contributed by atoms with Gasteiger partial charge in [-0.25, -0.2) is 0 Å². The van der Waals surface area contributed by atoms with Crippen molar-refractivity contribution in [3.63, 3.8) is 0 Å². The van der Waals surface area contributed by atoms with Gasteiger partial charge in [0, 0.05) is 41.2 Å². The van der Waals surface area contributed by atoms with Crippen LogP contribution in [0, 0.1) is 0 Å². The lowest BCUT2D eigenvalue weighted by atomic mass is 10.1. The highest BCUT2D eigenvalue weighted by Gasteiger charge is 2.24. The summed E-state index contributed by atoms with van der Waals surface area (Å²) in [6.45, 7) is 3.28. The molecule has 2 aromatic rings. The molecule has 0 fully saturated rings. The smallest absolute Gasteiger partial charge is 0.0638 e. The van der Waals surface area contributed by atoms with Gasteiger partial charge in [-0.2, -0.15) is 0 Å². The molecule has 2 aliphatic rings. The lowest BCUT2D eigenvalue weighted by molar-refractivity contribution is 0.682. The van der Waals surface area contributed by atoms with E-state index in [0.29, 0.717) is 0 Å². The minimum Gasteiger partial charge on any atom is -0.342 e. The van der Waals surface area contributed by atoms with E-state index in [1.165, 1.54) is 32.8 Å². The van der Waals surface area contributed by atoms with Crippen molar-refractivity contribution in [2.75, 3.05) is 18.8 Å². The molecule has 0 saturated carbocycles. The standard InChI is InChI=1S/C14H15ClN2S/c15-10-1-2-12-14-13(10)9-3-5-16-6-4-11(9)17(14)7-8-18-12/h1-2,16H,3-8H2. The van der Waals surface area contributed by atoms with Crippen LogP contribution in [-0.2, 0) is 19.4 Å². The fourth-order valence-corrected chi connectivity index (χ4v) is 4.53. The minimum atomic E-state index is 0.924. The Morgan fingerprint density at radius 3 is 3.06 bits per heavy atom. The van der Waals surface area contributed by atoms with Gasteiger partial charge < -0.3 is 9.88 Å². The molecule has 0 amide bonds. The van der Waals surface area contributed by atoms with Gasteiger partial charge in [0.25, 0.3) is 0 Å². The first-order chi connectivity index (χ1) is 8.86. The second-order valence-corrected chi connectivity index (χ2v) is 6.49. The van der Waals surface area contributed by atoms with Crippen molar-refractivity contribution in [2.45, 2.75) is 24.3 Å². The van der Waals surface area contributed by atoms with Crippen LogP contribution in [0.15, 0.2) is 17.0 Å². The largest absolute Gasteiger partial charge is 0.342 e. The molecule has 1 aromatic carbocycles. The lowest BCUT2D eigenvalue weighted by Gasteiger charge is -2.17. The monoisotopic (exact) mass is 278 g/mol. The Morgan fingerprint density at radius 2 is 2.11 bits per heavy atom. The molecule has 0 aliphatic carbocycles. The van der Waals surface area contributed by atoms with Crippen molar-refractivity contribution in [3.05, 3.63) is 28.4 Å². The number of halogens is 1.